The van der Waals surface area contributed by atoms with Gasteiger partial charge < -0.3 is 14.0 Å². The Bertz CT molecular complexity index is 322. The van der Waals surface area contributed by atoms with Gasteiger partial charge in [-0.3, -0.25) is 0 Å². The van der Waals surface area contributed by atoms with Crippen molar-refractivity contribution >= 4 is 7.12 Å². The second-order valence-corrected chi connectivity index (χ2v) is 4.91. The summed E-state index contributed by atoms with van der Waals surface area (Å²) in [5.74, 6) is 0.715. The molecule has 0 amide bonds. The van der Waals surface area contributed by atoms with Gasteiger partial charge in [-0.25, -0.2) is 0 Å². The van der Waals surface area contributed by atoms with Gasteiger partial charge in [0.2, 0.25) is 0 Å². The lowest BCUT2D eigenvalue weighted by molar-refractivity contribution is 0.0941. The molecule has 1 aliphatic heterocycles. The highest BCUT2D eigenvalue weighted by atomic mass is 16.7. The molecule has 1 saturated heterocycles. The van der Waals surface area contributed by atoms with Crippen LogP contribution in [0, 0.1) is 0 Å². The average Bonchev–Trinajstić information content (AvgIpc) is 2.54. The predicted octanol–water partition coefficient (Wildman–Crippen LogP) is 2.48. The van der Waals surface area contributed by atoms with Crippen LogP contribution in [0.4, 0.5) is 0 Å². The molecule has 1 aliphatic carbocycles. The molecule has 3 nitrogen and oxygen atoms in total. The number of ether oxygens (including phenoxy) is 1. The molecular weight excluding hydrogens is 203 g/mol. The molecule has 1 atom stereocenters. The molecule has 2 rings (SSSR count). The smallest absolute Gasteiger partial charge is 0.534 e. The van der Waals surface area contributed by atoms with E-state index in [1.165, 1.54) is 5.47 Å². The van der Waals surface area contributed by atoms with E-state index >= 15 is 0 Å². The van der Waals surface area contributed by atoms with Gasteiger partial charge in [0.25, 0.3) is 0 Å². The van der Waals surface area contributed by atoms with Gasteiger partial charge in [-0.15, -0.1) is 0 Å². The lowest BCUT2D eigenvalue weighted by Gasteiger charge is -2.21. The molecule has 16 heavy (non-hydrogen) atoms. The van der Waals surface area contributed by atoms with Gasteiger partial charge in [0.05, 0.1) is 11.9 Å². The number of hydrogen-bond acceptors (Lipinski definition) is 3. The van der Waals surface area contributed by atoms with Gasteiger partial charge in [-0.05, 0) is 38.6 Å². The Labute approximate surface area is 97.6 Å². The van der Waals surface area contributed by atoms with Crippen molar-refractivity contribution < 1.29 is 14.0 Å². The first-order valence-corrected chi connectivity index (χ1v) is 5.78. The molecule has 0 spiro atoms. The summed E-state index contributed by atoms with van der Waals surface area (Å²) in [6.45, 7) is 7.85. The number of allylic oxidation sites excluding steroid dienone is 1. The number of methoxy groups -OCH3 is 1. The van der Waals surface area contributed by atoms with Gasteiger partial charge in [-0.1, -0.05) is 12.7 Å². The van der Waals surface area contributed by atoms with Crippen molar-refractivity contribution in [3.05, 3.63) is 23.9 Å². The third-order valence-electron chi connectivity index (χ3n) is 3.36. The maximum atomic E-state index is 5.84. The first-order chi connectivity index (χ1) is 7.53. The fourth-order valence-electron chi connectivity index (χ4n) is 2.04. The maximum absolute atomic E-state index is 5.84. The molecule has 1 fully saturated rings. The summed E-state index contributed by atoms with van der Waals surface area (Å²) in [5.41, 5.74) is 0.851. The quantitative estimate of drug-likeness (QED) is 0.671. The van der Waals surface area contributed by atoms with E-state index in [9.17, 15) is 0 Å². The Morgan fingerprint density at radius 3 is 2.75 bits per heavy atom. The van der Waals surface area contributed by atoms with Crippen LogP contribution in [0.1, 0.15) is 33.1 Å². The van der Waals surface area contributed by atoms with Crippen molar-refractivity contribution in [1.82, 2.24) is 0 Å². The van der Waals surface area contributed by atoms with Crippen LogP contribution < -0.4 is 0 Å². The minimum atomic E-state index is -0.371. The molecule has 0 aromatic carbocycles. The standard InChI is InChI=1S/C12H19BO3/c1-9-12(2,3)16-13(15-9)10-5-7-11(14-4)8-6-10/h5,11H,1,6-8H2,2-4H3. The first kappa shape index (κ1) is 11.7. The van der Waals surface area contributed by atoms with E-state index in [4.69, 9.17) is 14.0 Å². The molecule has 1 unspecified atom stereocenters. The molecule has 0 aromatic heterocycles. The second-order valence-electron chi connectivity index (χ2n) is 4.91. The maximum Gasteiger partial charge on any atom is 0.558 e. The molecule has 2 aliphatic rings. The van der Waals surface area contributed by atoms with E-state index in [-0.39, 0.29) is 12.7 Å². The summed E-state index contributed by atoms with van der Waals surface area (Å²) in [7, 11) is 1.53. The molecule has 0 N–H and O–H groups in total. The monoisotopic (exact) mass is 222 g/mol. The number of hydrogen-bond donors (Lipinski definition) is 0. The van der Waals surface area contributed by atoms with Crippen LogP contribution >= 0.6 is 0 Å². The Balaban J connectivity index is 2.01. The van der Waals surface area contributed by atoms with E-state index in [2.05, 4.69) is 12.7 Å². The summed E-state index contributed by atoms with van der Waals surface area (Å²) >= 11 is 0. The molecule has 0 saturated carbocycles. The highest BCUT2D eigenvalue weighted by Crippen LogP contribution is 2.34. The highest BCUT2D eigenvalue weighted by molar-refractivity contribution is 6.55. The van der Waals surface area contributed by atoms with Crippen molar-refractivity contribution in [2.45, 2.75) is 44.8 Å². The minimum absolute atomic E-state index is 0.236. The van der Waals surface area contributed by atoms with Crippen LogP contribution in [0.5, 0.6) is 0 Å². The SMILES string of the molecule is C=C1OB(C2=CCC(OC)CC2)OC1(C)C. The molecule has 0 bridgehead atoms. The zero-order chi connectivity index (χ0) is 11.8. The summed E-state index contributed by atoms with van der Waals surface area (Å²) in [5, 5.41) is 0. The summed E-state index contributed by atoms with van der Waals surface area (Å²) in [4.78, 5) is 0. The zero-order valence-electron chi connectivity index (χ0n) is 10.3. The molecule has 4 heteroatoms. The summed E-state index contributed by atoms with van der Waals surface area (Å²) in [6.07, 6.45) is 5.49. The molecule has 88 valence electrons. The Morgan fingerprint density at radius 2 is 2.31 bits per heavy atom. The van der Waals surface area contributed by atoms with Crippen LogP contribution in [-0.2, 0) is 14.0 Å². The minimum Gasteiger partial charge on any atom is -0.534 e. The Kier molecular flexibility index (Phi) is 3.13. The number of rotatable bonds is 2. The Hall–Kier alpha value is -0.735. The van der Waals surface area contributed by atoms with E-state index < -0.39 is 0 Å². The van der Waals surface area contributed by atoms with Crippen molar-refractivity contribution in [3.8, 4) is 0 Å². The second kappa shape index (κ2) is 4.26. The van der Waals surface area contributed by atoms with Gasteiger partial charge in [0, 0.05) is 7.11 Å². The van der Waals surface area contributed by atoms with Gasteiger partial charge in [-0.2, -0.15) is 0 Å². The van der Waals surface area contributed by atoms with E-state index in [1.807, 2.05) is 13.8 Å². The average molecular weight is 222 g/mol. The fraction of sp³-hybridized carbons (Fsp3) is 0.667. The summed E-state index contributed by atoms with van der Waals surface area (Å²) in [6, 6.07) is 0. The summed E-state index contributed by atoms with van der Waals surface area (Å²) < 4.78 is 16.8. The molecule has 1 heterocycles. The van der Waals surface area contributed by atoms with Crippen molar-refractivity contribution in [3.63, 3.8) is 0 Å². The van der Waals surface area contributed by atoms with E-state index in [0.29, 0.717) is 11.9 Å². The highest BCUT2D eigenvalue weighted by Gasteiger charge is 2.44. The zero-order valence-corrected chi connectivity index (χ0v) is 10.3. The topological polar surface area (TPSA) is 27.7 Å². The van der Waals surface area contributed by atoms with Gasteiger partial charge in [0.1, 0.15) is 5.60 Å². The van der Waals surface area contributed by atoms with Crippen LogP contribution in [0.25, 0.3) is 0 Å². The normalized spacial score (nSPS) is 28.9. The lowest BCUT2D eigenvalue weighted by Crippen LogP contribution is -2.27. The van der Waals surface area contributed by atoms with Gasteiger partial charge >= 0.3 is 7.12 Å². The van der Waals surface area contributed by atoms with Crippen molar-refractivity contribution in [2.24, 2.45) is 0 Å². The fourth-order valence-corrected chi connectivity index (χ4v) is 2.04. The van der Waals surface area contributed by atoms with Gasteiger partial charge in [0.15, 0.2) is 0 Å². The lowest BCUT2D eigenvalue weighted by atomic mass is 9.72. The first-order valence-electron chi connectivity index (χ1n) is 5.78. The molecule has 0 radical (unpaired) electrons. The molecular formula is C12H19BO3. The van der Waals surface area contributed by atoms with Crippen LogP contribution in [0.3, 0.4) is 0 Å². The van der Waals surface area contributed by atoms with Crippen LogP contribution in [-0.4, -0.2) is 25.9 Å². The predicted molar refractivity (Wildman–Crippen MR) is 63.9 cm³/mol. The largest absolute Gasteiger partial charge is 0.558 e. The van der Waals surface area contributed by atoms with Crippen molar-refractivity contribution in [2.75, 3.05) is 7.11 Å². The van der Waals surface area contributed by atoms with E-state index in [1.54, 1.807) is 7.11 Å². The third-order valence-corrected chi connectivity index (χ3v) is 3.36. The van der Waals surface area contributed by atoms with E-state index in [0.717, 1.165) is 19.3 Å². The molecule has 0 aromatic rings. The van der Waals surface area contributed by atoms with Crippen molar-refractivity contribution in [1.29, 1.82) is 0 Å². The Morgan fingerprint density at radius 1 is 1.56 bits per heavy atom. The van der Waals surface area contributed by atoms with Crippen LogP contribution in [0.2, 0.25) is 0 Å². The van der Waals surface area contributed by atoms with Crippen LogP contribution in [0.15, 0.2) is 23.9 Å². The third kappa shape index (κ3) is 2.18.